The predicted molar refractivity (Wildman–Crippen MR) is 330 cm³/mol. The lowest BCUT2D eigenvalue weighted by Crippen LogP contribution is -2.28. The summed E-state index contributed by atoms with van der Waals surface area (Å²) in [6.45, 7) is 4.20. The molecule has 0 aliphatic heterocycles. The van der Waals surface area contributed by atoms with Gasteiger partial charge >= 0.3 is 11.9 Å². The molecule has 0 saturated carbocycles. The van der Waals surface area contributed by atoms with Crippen molar-refractivity contribution >= 4 is 11.9 Å². The van der Waals surface area contributed by atoms with E-state index in [0.29, 0.717) is 12.8 Å². The highest BCUT2D eigenvalue weighted by molar-refractivity contribution is 5.70. The van der Waals surface area contributed by atoms with Crippen molar-refractivity contribution in [2.45, 2.75) is 399 Å². The third kappa shape index (κ3) is 64.8. The summed E-state index contributed by atoms with van der Waals surface area (Å²) >= 11 is 0. The van der Waals surface area contributed by atoms with Crippen molar-refractivity contribution in [3.8, 4) is 0 Å². The molecule has 1 unspecified atom stereocenters. The molecule has 0 saturated heterocycles. The fourth-order valence-electron chi connectivity index (χ4n) is 10.8. The molecule has 444 valence electrons. The van der Waals surface area contributed by atoms with E-state index in [1.54, 1.807) is 0 Å². The molecular formula is C70H134O5. The van der Waals surface area contributed by atoms with Gasteiger partial charge in [0.25, 0.3) is 0 Å². The first-order valence-corrected chi connectivity index (χ1v) is 34.4. The Hall–Kier alpha value is -1.62. The van der Waals surface area contributed by atoms with Gasteiger partial charge in [0.2, 0.25) is 0 Å². The number of ether oxygens (including phenoxy) is 2. The number of unbranched alkanes of at least 4 members (excludes halogenated alkanes) is 53. The van der Waals surface area contributed by atoms with Crippen molar-refractivity contribution in [3.63, 3.8) is 0 Å². The third-order valence-corrected chi connectivity index (χ3v) is 16.0. The van der Waals surface area contributed by atoms with Crippen LogP contribution < -0.4 is 0 Å². The number of hydrogen-bond acceptors (Lipinski definition) is 5. The second-order valence-electron chi connectivity index (χ2n) is 23.6. The Balaban J connectivity index is 3.34. The van der Waals surface area contributed by atoms with Gasteiger partial charge in [-0.15, -0.1) is 0 Å². The average molecular weight is 1060 g/mol. The Kier molecular flexibility index (Phi) is 65.2. The molecule has 1 atom stereocenters. The highest BCUT2D eigenvalue weighted by Crippen LogP contribution is 2.19. The topological polar surface area (TPSA) is 72.8 Å². The van der Waals surface area contributed by atoms with Gasteiger partial charge in [0, 0.05) is 12.8 Å². The van der Waals surface area contributed by atoms with Crippen molar-refractivity contribution in [2.24, 2.45) is 0 Å². The molecule has 0 aromatic heterocycles. The highest BCUT2D eigenvalue weighted by Gasteiger charge is 2.16. The van der Waals surface area contributed by atoms with Crippen LogP contribution in [0.15, 0.2) is 24.3 Å². The summed E-state index contributed by atoms with van der Waals surface area (Å²) in [5.41, 5.74) is 0. The molecule has 0 spiro atoms. The maximum atomic E-state index is 12.3. The summed E-state index contributed by atoms with van der Waals surface area (Å²) in [5, 5.41) is 9.68. The molecule has 5 heteroatoms. The van der Waals surface area contributed by atoms with E-state index >= 15 is 0 Å². The normalized spacial score (nSPS) is 12.2. The molecule has 75 heavy (non-hydrogen) atoms. The predicted octanol–water partition coefficient (Wildman–Crippen LogP) is 23.6. The summed E-state index contributed by atoms with van der Waals surface area (Å²) in [4.78, 5) is 24.6. The number of aliphatic hydroxyl groups excluding tert-OH is 1. The molecule has 0 aromatic rings. The van der Waals surface area contributed by atoms with Crippen LogP contribution in [0, 0.1) is 0 Å². The Morgan fingerprint density at radius 3 is 0.787 bits per heavy atom. The van der Waals surface area contributed by atoms with E-state index < -0.39 is 6.10 Å². The average Bonchev–Trinajstić information content (AvgIpc) is 3.41. The molecule has 0 rings (SSSR count). The van der Waals surface area contributed by atoms with Gasteiger partial charge in [-0.2, -0.15) is 0 Å². The van der Waals surface area contributed by atoms with Crippen LogP contribution in [-0.2, 0) is 19.1 Å². The molecule has 0 fully saturated rings. The van der Waals surface area contributed by atoms with Gasteiger partial charge in [-0.1, -0.05) is 359 Å². The lowest BCUT2D eigenvalue weighted by atomic mass is 10.0. The molecule has 0 heterocycles. The van der Waals surface area contributed by atoms with E-state index in [-0.39, 0.29) is 25.2 Å². The standard InChI is InChI=1S/C70H134O5/c1-3-5-7-9-11-13-15-17-19-21-23-25-26-27-28-29-30-31-32-33-34-35-36-37-38-39-40-41-42-43-44-45-47-49-51-53-55-57-59-61-63-65-70(73)75-68(66-71)67-74-69(72)64-62-60-58-56-54-52-50-48-46-24-22-20-18-16-14-12-10-8-6-4-2/h15,17,21,23,68,71H,3-14,16,18-20,22,24-67H2,1-2H3/b17-15-,23-21-. The molecule has 0 aromatic carbocycles. The van der Waals surface area contributed by atoms with Gasteiger partial charge in [-0.05, 0) is 44.9 Å². The van der Waals surface area contributed by atoms with E-state index in [1.807, 2.05) is 0 Å². The van der Waals surface area contributed by atoms with Gasteiger partial charge in [0.15, 0.2) is 6.10 Å². The van der Waals surface area contributed by atoms with Crippen LogP contribution in [0.5, 0.6) is 0 Å². The Morgan fingerprint density at radius 2 is 0.533 bits per heavy atom. The van der Waals surface area contributed by atoms with Crippen molar-refractivity contribution in [2.75, 3.05) is 13.2 Å². The lowest BCUT2D eigenvalue weighted by Gasteiger charge is -2.15. The molecule has 0 bridgehead atoms. The first kappa shape index (κ1) is 73.4. The number of carbonyl (C=O) groups excluding carboxylic acids is 2. The summed E-state index contributed by atoms with van der Waals surface area (Å²) in [7, 11) is 0. The minimum atomic E-state index is -0.766. The number of carbonyl (C=O) groups is 2. The Labute approximate surface area is 470 Å². The third-order valence-electron chi connectivity index (χ3n) is 16.0. The molecule has 1 N–H and O–H groups in total. The summed E-state index contributed by atoms with van der Waals surface area (Å²) in [6.07, 6.45) is 86.5. The van der Waals surface area contributed by atoms with E-state index in [1.165, 1.54) is 327 Å². The quantitative estimate of drug-likeness (QED) is 0.0373. The fourth-order valence-corrected chi connectivity index (χ4v) is 10.8. The van der Waals surface area contributed by atoms with E-state index in [4.69, 9.17) is 9.47 Å². The Bertz CT molecular complexity index is 1150. The van der Waals surface area contributed by atoms with E-state index in [9.17, 15) is 14.7 Å². The number of allylic oxidation sites excluding steroid dienone is 4. The summed E-state index contributed by atoms with van der Waals surface area (Å²) in [6, 6.07) is 0. The zero-order chi connectivity index (χ0) is 54.1. The van der Waals surface area contributed by atoms with Crippen LogP contribution in [0.3, 0.4) is 0 Å². The number of aliphatic hydroxyl groups is 1. The van der Waals surface area contributed by atoms with Crippen LogP contribution >= 0.6 is 0 Å². The monoisotopic (exact) mass is 1060 g/mol. The first-order valence-electron chi connectivity index (χ1n) is 34.4. The SMILES string of the molecule is CCCCCCC/C=C\C/C=C\CCCCCCCCCCCCCCCCCCCCCCCCCCCCCCCC(=O)OC(CO)COC(=O)CCCCCCCCCCCCCCCCCCCCCC. The van der Waals surface area contributed by atoms with Crippen LogP contribution in [0.1, 0.15) is 393 Å². The van der Waals surface area contributed by atoms with Crippen LogP contribution in [-0.4, -0.2) is 36.4 Å². The van der Waals surface area contributed by atoms with Crippen molar-refractivity contribution in [3.05, 3.63) is 24.3 Å². The number of rotatable bonds is 65. The first-order chi connectivity index (χ1) is 37.1. The molecule has 5 nitrogen and oxygen atoms in total. The largest absolute Gasteiger partial charge is 0.462 e. The van der Waals surface area contributed by atoms with Gasteiger partial charge < -0.3 is 14.6 Å². The van der Waals surface area contributed by atoms with Crippen LogP contribution in [0.2, 0.25) is 0 Å². The summed E-state index contributed by atoms with van der Waals surface area (Å²) in [5.74, 6) is -0.563. The zero-order valence-electron chi connectivity index (χ0n) is 51.1. The van der Waals surface area contributed by atoms with Gasteiger partial charge in [0.05, 0.1) is 6.61 Å². The second-order valence-corrected chi connectivity index (χ2v) is 23.6. The minimum Gasteiger partial charge on any atom is -0.462 e. The van der Waals surface area contributed by atoms with Crippen molar-refractivity contribution < 1.29 is 24.2 Å². The van der Waals surface area contributed by atoms with Crippen LogP contribution in [0.25, 0.3) is 0 Å². The van der Waals surface area contributed by atoms with Gasteiger partial charge in [-0.3, -0.25) is 9.59 Å². The molecule has 0 aliphatic carbocycles. The van der Waals surface area contributed by atoms with Gasteiger partial charge in [-0.25, -0.2) is 0 Å². The van der Waals surface area contributed by atoms with Crippen molar-refractivity contribution in [1.82, 2.24) is 0 Å². The molecule has 0 amide bonds. The van der Waals surface area contributed by atoms with E-state index in [0.717, 1.165) is 38.5 Å². The molecule has 0 radical (unpaired) electrons. The summed E-state index contributed by atoms with van der Waals surface area (Å²) < 4.78 is 10.7. The fraction of sp³-hybridized carbons (Fsp3) is 0.914. The number of hydrogen-bond donors (Lipinski definition) is 1. The maximum Gasteiger partial charge on any atom is 0.306 e. The second kappa shape index (κ2) is 66.7. The Morgan fingerprint density at radius 1 is 0.307 bits per heavy atom. The molecule has 0 aliphatic rings. The van der Waals surface area contributed by atoms with E-state index in [2.05, 4.69) is 38.2 Å². The lowest BCUT2D eigenvalue weighted by molar-refractivity contribution is -0.161. The maximum absolute atomic E-state index is 12.3. The van der Waals surface area contributed by atoms with Crippen molar-refractivity contribution in [1.29, 1.82) is 0 Å². The smallest absolute Gasteiger partial charge is 0.306 e. The zero-order valence-corrected chi connectivity index (χ0v) is 51.1. The molecular weight excluding hydrogens is 921 g/mol. The highest BCUT2D eigenvalue weighted by atomic mass is 16.6. The minimum absolute atomic E-state index is 0.0569. The van der Waals surface area contributed by atoms with Crippen LogP contribution in [0.4, 0.5) is 0 Å². The van der Waals surface area contributed by atoms with Gasteiger partial charge in [0.1, 0.15) is 6.61 Å². The number of esters is 2.